The fraction of sp³-hybridized carbons (Fsp3) is 0.286. The van der Waals surface area contributed by atoms with E-state index in [1.165, 1.54) is 32.4 Å². The molecule has 4 aromatic rings. The van der Waals surface area contributed by atoms with Crippen LogP contribution in [0.5, 0.6) is 5.75 Å². The van der Waals surface area contributed by atoms with Crippen molar-refractivity contribution < 1.29 is 14.6 Å². The molecule has 0 bridgehead atoms. The lowest BCUT2D eigenvalue weighted by atomic mass is 10.0. The molecule has 2 N–H and O–H groups in total. The van der Waals surface area contributed by atoms with Crippen LogP contribution in [0.25, 0.3) is 33.5 Å². The van der Waals surface area contributed by atoms with Gasteiger partial charge >= 0.3 is 5.97 Å². The predicted octanol–water partition coefficient (Wildman–Crippen LogP) is 5.77. The molecule has 0 spiro atoms. The maximum atomic E-state index is 11.6. The summed E-state index contributed by atoms with van der Waals surface area (Å²) in [6, 6.07) is 19.9. The van der Waals surface area contributed by atoms with Crippen LogP contribution in [-0.2, 0) is 0 Å². The minimum atomic E-state index is -0.971. The fourth-order valence-corrected chi connectivity index (χ4v) is 4.60. The summed E-state index contributed by atoms with van der Waals surface area (Å²) in [6.07, 6.45) is 3.95. The number of benzene rings is 3. The Bertz CT molecular complexity index is 1290. The number of nitrogens with one attached hydrogen (secondary N) is 1. The van der Waals surface area contributed by atoms with Crippen molar-refractivity contribution >= 4 is 17.0 Å². The smallest absolute Gasteiger partial charge is 0.337 e. The number of ether oxygens (including phenoxy) is 1. The number of rotatable bonds is 7. The molecule has 1 aromatic heterocycles. The van der Waals surface area contributed by atoms with Crippen LogP contribution in [0, 0.1) is 6.92 Å². The van der Waals surface area contributed by atoms with E-state index in [1.54, 1.807) is 6.07 Å². The molecular weight excluding hydrogens is 426 g/mol. The SMILES string of the molecule is Cc1cc(C(=O)O)c2nc(-c3ccc(-c4ccc(OCCN5CCCCC5)cc4)cc3)[nH]c2c1. The summed E-state index contributed by atoms with van der Waals surface area (Å²) in [5, 5.41) is 9.51. The van der Waals surface area contributed by atoms with Gasteiger partial charge in [-0.2, -0.15) is 0 Å². The van der Waals surface area contributed by atoms with Gasteiger partial charge in [-0.15, -0.1) is 0 Å². The third-order valence-electron chi connectivity index (χ3n) is 6.43. The number of aryl methyl sites for hydroxylation is 1. The largest absolute Gasteiger partial charge is 0.492 e. The van der Waals surface area contributed by atoms with Gasteiger partial charge in [0.15, 0.2) is 0 Å². The van der Waals surface area contributed by atoms with E-state index >= 15 is 0 Å². The van der Waals surface area contributed by atoms with Crippen LogP contribution in [0.1, 0.15) is 35.2 Å². The highest BCUT2D eigenvalue weighted by molar-refractivity contribution is 6.02. The molecule has 0 amide bonds. The van der Waals surface area contributed by atoms with Gasteiger partial charge in [-0.1, -0.05) is 42.8 Å². The standard InChI is InChI=1S/C28H29N3O3/c1-19-17-24(28(32)33)26-25(18-19)29-27(30-26)22-7-5-20(6-8-22)21-9-11-23(12-10-21)34-16-15-31-13-3-2-4-14-31/h5-12,17-18H,2-4,13-16H2,1H3,(H,29,30)(H,32,33). The third-order valence-corrected chi connectivity index (χ3v) is 6.43. The van der Waals surface area contributed by atoms with Gasteiger partial charge in [0, 0.05) is 12.1 Å². The zero-order chi connectivity index (χ0) is 23.5. The Balaban J connectivity index is 1.27. The molecular formula is C28H29N3O3. The van der Waals surface area contributed by atoms with Gasteiger partial charge in [0.05, 0.1) is 11.1 Å². The second-order valence-corrected chi connectivity index (χ2v) is 8.95. The van der Waals surface area contributed by atoms with E-state index in [-0.39, 0.29) is 5.56 Å². The van der Waals surface area contributed by atoms with Gasteiger partial charge in [0.1, 0.15) is 23.7 Å². The number of aromatic amines is 1. The highest BCUT2D eigenvalue weighted by atomic mass is 16.5. The molecule has 1 saturated heterocycles. The average molecular weight is 456 g/mol. The number of fused-ring (bicyclic) bond motifs is 1. The second kappa shape index (κ2) is 9.69. The van der Waals surface area contributed by atoms with Gasteiger partial charge in [0.2, 0.25) is 0 Å². The second-order valence-electron chi connectivity index (χ2n) is 8.95. The van der Waals surface area contributed by atoms with Gasteiger partial charge in [-0.05, 0) is 73.8 Å². The van der Waals surface area contributed by atoms with E-state index in [4.69, 9.17) is 4.74 Å². The number of aromatic carboxylic acids is 1. The molecule has 1 aliphatic rings. The molecule has 34 heavy (non-hydrogen) atoms. The summed E-state index contributed by atoms with van der Waals surface area (Å²) in [6.45, 7) is 5.96. The zero-order valence-electron chi connectivity index (χ0n) is 19.4. The first-order valence-electron chi connectivity index (χ1n) is 11.9. The molecule has 6 nitrogen and oxygen atoms in total. The Kier molecular flexibility index (Phi) is 6.32. The Morgan fingerprint density at radius 2 is 1.62 bits per heavy atom. The highest BCUT2D eigenvalue weighted by Gasteiger charge is 2.15. The Morgan fingerprint density at radius 3 is 2.29 bits per heavy atom. The fourth-order valence-electron chi connectivity index (χ4n) is 4.60. The van der Waals surface area contributed by atoms with Crippen molar-refractivity contribution in [2.24, 2.45) is 0 Å². The van der Waals surface area contributed by atoms with Crippen molar-refractivity contribution in [3.8, 4) is 28.3 Å². The minimum absolute atomic E-state index is 0.215. The maximum Gasteiger partial charge on any atom is 0.337 e. The van der Waals surface area contributed by atoms with Crippen molar-refractivity contribution in [1.29, 1.82) is 0 Å². The summed E-state index contributed by atoms with van der Waals surface area (Å²) in [5.41, 5.74) is 5.43. The number of H-pyrrole nitrogens is 1. The number of carbonyl (C=O) groups is 1. The van der Waals surface area contributed by atoms with E-state index in [1.807, 2.05) is 37.3 Å². The number of aromatic nitrogens is 2. The van der Waals surface area contributed by atoms with E-state index in [0.717, 1.165) is 40.1 Å². The van der Waals surface area contributed by atoms with Crippen LogP contribution in [-0.4, -0.2) is 52.2 Å². The van der Waals surface area contributed by atoms with E-state index in [2.05, 4.69) is 39.1 Å². The lowest BCUT2D eigenvalue weighted by Gasteiger charge is -2.26. The lowest BCUT2D eigenvalue weighted by Crippen LogP contribution is -2.33. The quantitative estimate of drug-likeness (QED) is 0.370. The topological polar surface area (TPSA) is 78.5 Å². The number of imidazole rings is 1. The molecule has 0 saturated carbocycles. The van der Waals surface area contributed by atoms with Crippen molar-refractivity contribution in [3.05, 3.63) is 71.8 Å². The number of carboxylic acid groups (broad SMARTS) is 1. The van der Waals surface area contributed by atoms with Crippen LogP contribution < -0.4 is 4.74 Å². The number of nitrogens with zero attached hydrogens (tertiary/aromatic N) is 2. The molecule has 1 fully saturated rings. The van der Waals surface area contributed by atoms with Crippen LogP contribution in [0.3, 0.4) is 0 Å². The number of hydrogen-bond donors (Lipinski definition) is 2. The minimum Gasteiger partial charge on any atom is -0.492 e. The van der Waals surface area contributed by atoms with Crippen molar-refractivity contribution in [3.63, 3.8) is 0 Å². The summed E-state index contributed by atoms with van der Waals surface area (Å²) < 4.78 is 5.94. The molecule has 0 radical (unpaired) electrons. The van der Waals surface area contributed by atoms with E-state index in [9.17, 15) is 9.90 Å². The van der Waals surface area contributed by atoms with Crippen molar-refractivity contribution in [1.82, 2.24) is 14.9 Å². The van der Waals surface area contributed by atoms with Gasteiger partial charge in [0.25, 0.3) is 0 Å². The third kappa shape index (κ3) is 4.82. The Labute approximate surface area is 199 Å². The normalized spacial score (nSPS) is 14.4. The van der Waals surface area contributed by atoms with Crippen LogP contribution in [0.4, 0.5) is 0 Å². The molecule has 174 valence electrons. The highest BCUT2D eigenvalue weighted by Crippen LogP contribution is 2.28. The van der Waals surface area contributed by atoms with Crippen molar-refractivity contribution in [2.75, 3.05) is 26.2 Å². The molecule has 0 aliphatic carbocycles. The average Bonchev–Trinajstić information content (AvgIpc) is 3.28. The predicted molar refractivity (Wildman–Crippen MR) is 134 cm³/mol. The Morgan fingerprint density at radius 1 is 0.971 bits per heavy atom. The molecule has 0 atom stereocenters. The van der Waals surface area contributed by atoms with E-state index < -0.39 is 5.97 Å². The first-order valence-corrected chi connectivity index (χ1v) is 11.9. The van der Waals surface area contributed by atoms with Crippen LogP contribution in [0.2, 0.25) is 0 Å². The number of piperidine rings is 1. The van der Waals surface area contributed by atoms with Crippen molar-refractivity contribution in [2.45, 2.75) is 26.2 Å². The molecule has 5 rings (SSSR count). The maximum absolute atomic E-state index is 11.6. The number of hydrogen-bond acceptors (Lipinski definition) is 4. The number of likely N-dealkylation sites (tertiary alicyclic amines) is 1. The number of carboxylic acids is 1. The molecule has 6 heteroatoms. The van der Waals surface area contributed by atoms with Gasteiger partial charge < -0.3 is 14.8 Å². The van der Waals surface area contributed by atoms with E-state index in [0.29, 0.717) is 17.9 Å². The summed E-state index contributed by atoms with van der Waals surface area (Å²) >= 11 is 0. The summed E-state index contributed by atoms with van der Waals surface area (Å²) in [5.74, 6) is 0.581. The van der Waals surface area contributed by atoms with Crippen LogP contribution >= 0.6 is 0 Å². The summed E-state index contributed by atoms with van der Waals surface area (Å²) in [7, 11) is 0. The molecule has 2 heterocycles. The first kappa shape index (κ1) is 22.2. The van der Waals surface area contributed by atoms with Gasteiger partial charge in [-0.3, -0.25) is 4.90 Å². The monoisotopic (exact) mass is 455 g/mol. The van der Waals surface area contributed by atoms with Crippen LogP contribution in [0.15, 0.2) is 60.7 Å². The summed E-state index contributed by atoms with van der Waals surface area (Å²) in [4.78, 5) is 21.9. The molecule has 3 aromatic carbocycles. The van der Waals surface area contributed by atoms with Gasteiger partial charge in [-0.25, -0.2) is 9.78 Å². The zero-order valence-corrected chi connectivity index (χ0v) is 19.4. The Hall–Kier alpha value is -3.64. The first-order chi connectivity index (χ1) is 16.6. The molecule has 1 aliphatic heterocycles. The lowest BCUT2D eigenvalue weighted by molar-refractivity contribution is 0.0698. The molecule has 0 unspecified atom stereocenters.